The molecule has 0 rings (SSSR count). The topological polar surface area (TPSA) is 200 Å². The van der Waals surface area contributed by atoms with Crippen molar-refractivity contribution in [1.82, 2.24) is 0 Å². The summed E-state index contributed by atoms with van der Waals surface area (Å²) in [7, 11) is 0. The van der Waals surface area contributed by atoms with Crippen LogP contribution in [0.4, 0.5) is 0 Å². The van der Waals surface area contributed by atoms with Gasteiger partial charge in [-0.05, 0) is 171 Å². The Morgan fingerprint density at radius 1 is 0.636 bits per heavy atom. The van der Waals surface area contributed by atoms with Gasteiger partial charge in [0.05, 0.1) is 19.8 Å². The Morgan fingerprint density at radius 3 is 1.85 bits per heavy atom. The van der Waals surface area contributed by atoms with Crippen LogP contribution in [0.3, 0.4) is 0 Å². The van der Waals surface area contributed by atoms with Crippen molar-refractivity contribution in [2.45, 2.75) is 129 Å². The van der Waals surface area contributed by atoms with Crippen LogP contribution < -0.4 is 17.2 Å². The first kappa shape index (κ1) is 51.3. The van der Waals surface area contributed by atoms with Gasteiger partial charge in [-0.1, -0.05) is 48.1 Å². The average Bonchev–Trinajstić information content (AvgIpc) is 3.15. The van der Waals surface area contributed by atoms with E-state index >= 15 is 0 Å². The molecule has 0 aliphatic heterocycles. The first-order valence-electron chi connectivity index (χ1n) is 20.3. The summed E-state index contributed by atoms with van der Waals surface area (Å²) in [4.78, 5) is 50.7. The van der Waals surface area contributed by atoms with Crippen LogP contribution in [0.2, 0.25) is 0 Å². The van der Waals surface area contributed by atoms with Crippen LogP contribution in [0.5, 0.6) is 0 Å². The summed E-state index contributed by atoms with van der Waals surface area (Å²) < 4.78 is 5.16. The van der Waals surface area contributed by atoms with Gasteiger partial charge in [0.1, 0.15) is 0 Å². The second-order valence-corrected chi connectivity index (χ2v) is 13.7. The summed E-state index contributed by atoms with van der Waals surface area (Å²) in [6.07, 6.45) is 28.1. The highest BCUT2D eigenvalue weighted by molar-refractivity contribution is 6.08. The number of ether oxygens (including phenoxy) is 1. The minimum Gasteiger partial charge on any atom is -0.394 e. The van der Waals surface area contributed by atoms with Crippen LogP contribution in [0, 0.1) is 5.41 Å². The van der Waals surface area contributed by atoms with E-state index in [1.165, 1.54) is 6.08 Å². The van der Waals surface area contributed by atoms with E-state index < -0.39 is 0 Å². The molecule has 0 spiro atoms. The first-order valence-corrected chi connectivity index (χ1v) is 20.3. The highest BCUT2D eigenvalue weighted by atomic mass is 16.5. The van der Waals surface area contributed by atoms with E-state index in [1.807, 2.05) is 31.2 Å². The number of unbranched alkanes of at least 4 members (excludes halogenated alkanes) is 4. The molecular formula is C45H72N4O6. The quantitative estimate of drug-likeness (QED) is 0.0183. The number of rotatable bonds is 37. The predicted molar refractivity (Wildman–Crippen MR) is 227 cm³/mol. The third kappa shape index (κ3) is 30.3. The zero-order valence-corrected chi connectivity index (χ0v) is 33.8. The van der Waals surface area contributed by atoms with Crippen LogP contribution in [-0.4, -0.2) is 73.4 Å². The van der Waals surface area contributed by atoms with Gasteiger partial charge < -0.3 is 32.5 Å². The summed E-state index contributed by atoms with van der Waals surface area (Å²) >= 11 is 0. The lowest BCUT2D eigenvalue weighted by Gasteiger charge is -2.09. The fraction of sp³-hybridized carbons (Fsp3) is 0.578. The third-order valence-electron chi connectivity index (χ3n) is 8.80. The normalized spacial score (nSPS) is 12.7. The molecule has 55 heavy (non-hydrogen) atoms. The number of nitrogens with one attached hydrogen (secondary N) is 1. The molecule has 0 unspecified atom stereocenters. The molecule has 10 nitrogen and oxygen atoms in total. The summed E-state index contributed by atoms with van der Waals surface area (Å²) in [5, 5.41) is 17.1. The Kier molecular flexibility index (Phi) is 33.6. The molecular weight excluding hydrogens is 693 g/mol. The molecule has 8 N–H and O–H groups in total. The van der Waals surface area contributed by atoms with Crippen molar-refractivity contribution in [3.8, 4) is 0 Å². The molecule has 0 aromatic rings. The van der Waals surface area contributed by atoms with Crippen LogP contribution in [0.1, 0.15) is 129 Å². The van der Waals surface area contributed by atoms with Crippen molar-refractivity contribution in [2.75, 3.05) is 39.5 Å². The molecule has 0 radical (unpaired) electrons. The molecule has 0 bridgehead atoms. The molecule has 0 aliphatic rings. The van der Waals surface area contributed by atoms with Crippen LogP contribution in [0.25, 0.3) is 0 Å². The highest BCUT2D eigenvalue weighted by Crippen LogP contribution is 2.19. The average molecular weight is 765 g/mol. The number of carbonyl (C=O) groups excluding carboxylic acids is 4. The van der Waals surface area contributed by atoms with Crippen molar-refractivity contribution < 1.29 is 29.0 Å². The summed E-state index contributed by atoms with van der Waals surface area (Å²) in [5.74, 6) is -0.140. The lowest BCUT2D eigenvalue weighted by molar-refractivity contribution is -0.115. The van der Waals surface area contributed by atoms with Gasteiger partial charge in [0, 0.05) is 18.6 Å². The van der Waals surface area contributed by atoms with Gasteiger partial charge in [-0.2, -0.15) is 0 Å². The Morgan fingerprint density at radius 2 is 1.20 bits per heavy atom. The summed E-state index contributed by atoms with van der Waals surface area (Å²) in [6.45, 7) is 8.44. The van der Waals surface area contributed by atoms with Gasteiger partial charge in [-0.3, -0.25) is 19.2 Å². The number of hydrogen-bond donors (Lipinski definition) is 5. The van der Waals surface area contributed by atoms with Crippen molar-refractivity contribution in [2.24, 2.45) is 17.2 Å². The number of aliphatic hydroxyl groups is 1. The first-order chi connectivity index (χ1) is 26.6. The largest absolute Gasteiger partial charge is 0.394 e. The van der Waals surface area contributed by atoms with E-state index in [4.69, 9.17) is 32.5 Å². The monoisotopic (exact) mass is 765 g/mol. The number of ketones is 4. The van der Waals surface area contributed by atoms with E-state index in [-0.39, 0.29) is 49.2 Å². The Bertz CT molecular complexity index is 1340. The second-order valence-electron chi connectivity index (χ2n) is 13.7. The van der Waals surface area contributed by atoms with Crippen LogP contribution in [0.15, 0.2) is 83.6 Å². The number of Topliss-reactive ketones (excluding diaryl/α,β-unsaturated/α-hetero) is 2. The second kappa shape index (κ2) is 36.0. The predicted octanol–water partition coefficient (Wildman–Crippen LogP) is 7.60. The molecule has 308 valence electrons. The van der Waals surface area contributed by atoms with Crippen molar-refractivity contribution in [3.63, 3.8) is 0 Å². The Labute approximate surface area is 331 Å². The van der Waals surface area contributed by atoms with Gasteiger partial charge in [-0.15, -0.1) is 0 Å². The maximum atomic E-state index is 13.5. The summed E-state index contributed by atoms with van der Waals surface area (Å²) in [5.41, 5.74) is 20.7. The molecule has 0 fully saturated rings. The number of carbonyl (C=O) groups is 4. The van der Waals surface area contributed by atoms with Crippen molar-refractivity contribution in [1.29, 1.82) is 5.41 Å². The number of nitrogens with two attached hydrogens (primary N) is 3. The molecule has 0 heterocycles. The van der Waals surface area contributed by atoms with Gasteiger partial charge in [0.2, 0.25) is 0 Å². The van der Waals surface area contributed by atoms with E-state index in [9.17, 15) is 19.2 Å². The lowest BCUT2D eigenvalue weighted by atomic mass is 9.95. The minimum atomic E-state index is -0.0981. The molecule has 0 saturated heterocycles. The Hall–Kier alpha value is -3.67. The van der Waals surface area contributed by atoms with Crippen LogP contribution in [-0.2, 0) is 23.9 Å². The van der Waals surface area contributed by atoms with Gasteiger partial charge >= 0.3 is 0 Å². The molecule has 0 aromatic carbocycles. The van der Waals surface area contributed by atoms with Gasteiger partial charge in [-0.25, -0.2) is 0 Å². The zero-order chi connectivity index (χ0) is 40.9. The number of hydrogen-bond acceptors (Lipinski definition) is 10. The van der Waals surface area contributed by atoms with E-state index in [0.717, 1.165) is 67.2 Å². The minimum absolute atomic E-state index is 0.0219. The molecule has 0 amide bonds. The lowest BCUT2D eigenvalue weighted by Crippen LogP contribution is -2.11. The molecule has 0 aliphatic carbocycles. The summed E-state index contributed by atoms with van der Waals surface area (Å²) in [6, 6.07) is 0. The number of allylic oxidation sites excluding steroid dienone is 12. The van der Waals surface area contributed by atoms with E-state index in [0.29, 0.717) is 96.2 Å². The molecule has 0 atom stereocenters. The van der Waals surface area contributed by atoms with Gasteiger partial charge in [0.25, 0.3) is 0 Å². The highest BCUT2D eigenvalue weighted by Gasteiger charge is 2.13. The zero-order valence-electron chi connectivity index (χ0n) is 33.8. The molecule has 10 heteroatoms. The Balaban J connectivity index is 5.25. The van der Waals surface area contributed by atoms with Crippen molar-refractivity contribution in [3.05, 3.63) is 83.6 Å². The molecule has 0 saturated carbocycles. The fourth-order valence-corrected chi connectivity index (χ4v) is 5.71. The molecule has 0 aromatic heterocycles. The van der Waals surface area contributed by atoms with Crippen molar-refractivity contribution >= 4 is 28.8 Å². The van der Waals surface area contributed by atoms with Crippen LogP contribution >= 0.6 is 0 Å². The maximum Gasteiger partial charge on any atom is 0.178 e. The van der Waals surface area contributed by atoms with E-state index in [2.05, 4.69) is 6.58 Å². The standard InChI is InChI=1S/C45H72N4O6/c1-3-39(23-17-30-48)45(54)36-41(49)24-11-10-22-40(21-7-5-9-27-43(52)35-38(20-16-29-47)19-12-14-28-46)44(53)34-37(2)18-6-4-8-25-42(51)26-13-15-32-55-33-31-50/h3,8-9,13,22,25-27,35,49-50H,2,4-7,10-12,14-21,23-24,28-34,36,46-48H2,1H3/b25-8+,26-13+,27-9+,38-35-,39-3-,40-22-,49-41?. The van der Waals surface area contributed by atoms with Gasteiger partial charge in [0.15, 0.2) is 23.1 Å². The fourth-order valence-electron chi connectivity index (χ4n) is 5.71. The maximum absolute atomic E-state index is 13.5. The number of aliphatic hydroxyl groups excluding tert-OH is 1. The SMILES string of the molecule is C=C(CCC/C=C/C(=O)/C=C/CCOCCO)CC(=O)/C(=C\CCCC(=N)CC(=O)/C(=C\C)CCCN)CCC/C=C/C(=O)/C=C(\CCCN)CCCCN. The smallest absolute Gasteiger partial charge is 0.178 e. The van der Waals surface area contributed by atoms with E-state index in [1.54, 1.807) is 24.3 Å². The third-order valence-corrected chi connectivity index (χ3v) is 8.80.